The minimum Gasteiger partial charge on any atom is -0.481 e. The fourth-order valence-corrected chi connectivity index (χ4v) is 1.77. The zero-order valence-corrected chi connectivity index (χ0v) is 11.5. The molecule has 0 aliphatic carbocycles. The summed E-state index contributed by atoms with van der Waals surface area (Å²) in [4.78, 5) is 22.3. The molecular weight excluding hydrogens is 244 g/mol. The summed E-state index contributed by atoms with van der Waals surface area (Å²) in [6, 6.07) is 5.10. The first-order valence-corrected chi connectivity index (χ1v) is 6.33. The van der Waals surface area contributed by atoms with Gasteiger partial charge in [0.15, 0.2) is 0 Å². The lowest BCUT2D eigenvalue weighted by Gasteiger charge is -2.13. The topological polar surface area (TPSA) is 78.4 Å². The predicted octanol–water partition coefficient (Wildman–Crippen LogP) is 2.41. The van der Waals surface area contributed by atoms with Gasteiger partial charge in [-0.15, -0.1) is 0 Å². The quantitative estimate of drug-likeness (QED) is 0.764. The smallest absolute Gasteiger partial charge is 0.319 e. The number of amides is 2. The van der Waals surface area contributed by atoms with Gasteiger partial charge in [0.05, 0.1) is 6.42 Å². The third kappa shape index (κ3) is 4.99. The summed E-state index contributed by atoms with van der Waals surface area (Å²) in [6.07, 6.45) is 0.718. The van der Waals surface area contributed by atoms with Gasteiger partial charge in [0.2, 0.25) is 0 Å². The van der Waals surface area contributed by atoms with Crippen molar-refractivity contribution in [1.29, 1.82) is 0 Å². The fraction of sp³-hybridized carbons (Fsp3) is 0.429. The second-order valence-corrected chi connectivity index (χ2v) is 4.67. The van der Waals surface area contributed by atoms with E-state index in [-0.39, 0.29) is 18.5 Å². The Labute approximate surface area is 113 Å². The SMILES string of the molecule is CCc1cc(CC(=O)O)ccc1NC(=O)NC(C)C. The van der Waals surface area contributed by atoms with Crippen LogP contribution in [0.5, 0.6) is 0 Å². The molecule has 104 valence electrons. The zero-order valence-electron chi connectivity index (χ0n) is 11.5. The lowest BCUT2D eigenvalue weighted by Crippen LogP contribution is -2.34. The van der Waals surface area contributed by atoms with Gasteiger partial charge in [-0.1, -0.05) is 19.1 Å². The van der Waals surface area contributed by atoms with Gasteiger partial charge in [-0.3, -0.25) is 4.79 Å². The highest BCUT2D eigenvalue weighted by molar-refractivity contribution is 5.90. The Kier molecular flexibility index (Phi) is 5.36. The third-order valence-corrected chi connectivity index (χ3v) is 2.57. The lowest BCUT2D eigenvalue weighted by molar-refractivity contribution is -0.136. The molecule has 0 radical (unpaired) electrons. The van der Waals surface area contributed by atoms with Crippen LogP contribution in [-0.2, 0) is 17.6 Å². The molecule has 5 heteroatoms. The lowest BCUT2D eigenvalue weighted by atomic mass is 10.0. The van der Waals surface area contributed by atoms with Gasteiger partial charge in [-0.25, -0.2) is 4.79 Å². The average molecular weight is 264 g/mol. The second-order valence-electron chi connectivity index (χ2n) is 4.67. The number of anilines is 1. The largest absolute Gasteiger partial charge is 0.481 e. The van der Waals surface area contributed by atoms with Gasteiger partial charge < -0.3 is 15.7 Å². The maximum atomic E-state index is 11.6. The highest BCUT2D eigenvalue weighted by Gasteiger charge is 2.09. The molecule has 0 unspecified atom stereocenters. The van der Waals surface area contributed by atoms with Crippen LogP contribution in [0.3, 0.4) is 0 Å². The van der Waals surface area contributed by atoms with E-state index in [0.29, 0.717) is 0 Å². The number of hydrogen-bond donors (Lipinski definition) is 3. The normalized spacial score (nSPS) is 10.3. The first kappa shape index (κ1) is 15.0. The molecule has 1 rings (SSSR count). The number of nitrogens with one attached hydrogen (secondary N) is 2. The number of carboxylic acid groups (broad SMARTS) is 1. The summed E-state index contributed by atoms with van der Waals surface area (Å²) in [5.41, 5.74) is 2.38. The summed E-state index contributed by atoms with van der Waals surface area (Å²) in [5.74, 6) is -0.861. The van der Waals surface area contributed by atoms with Crippen LogP contribution < -0.4 is 10.6 Å². The molecule has 0 bridgehead atoms. The number of carboxylic acids is 1. The van der Waals surface area contributed by atoms with Crippen molar-refractivity contribution in [2.24, 2.45) is 0 Å². The second kappa shape index (κ2) is 6.78. The van der Waals surface area contributed by atoms with Gasteiger partial charge in [0.1, 0.15) is 0 Å². The molecule has 0 atom stereocenters. The Balaban J connectivity index is 2.84. The van der Waals surface area contributed by atoms with Crippen molar-refractivity contribution in [3.05, 3.63) is 29.3 Å². The molecule has 1 aromatic rings. The van der Waals surface area contributed by atoms with E-state index in [2.05, 4.69) is 10.6 Å². The van der Waals surface area contributed by atoms with Crippen LogP contribution in [0, 0.1) is 0 Å². The maximum absolute atomic E-state index is 11.6. The Morgan fingerprint density at radius 3 is 2.53 bits per heavy atom. The summed E-state index contributed by atoms with van der Waals surface area (Å²) in [5, 5.41) is 14.3. The standard InChI is InChI=1S/C14H20N2O3/c1-4-11-7-10(8-13(17)18)5-6-12(11)16-14(19)15-9(2)3/h5-7,9H,4,8H2,1-3H3,(H,17,18)(H2,15,16,19). The molecule has 2 amide bonds. The van der Waals surface area contributed by atoms with Crippen molar-refractivity contribution in [1.82, 2.24) is 5.32 Å². The van der Waals surface area contributed by atoms with Gasteiger partial charge in [0, 0.05) is 11.7 Å². The number of carbonyl (C=O) groups is 2. The summed E-state index contributed by atoms with van der Waals surface area (Å²) < 4.78 is 0. The van der Waals surface area contributed by atoms with Crippen LogP contribution in [0.4, 0.5) is 10.5 Å². The van der Waals surface area contributed by atoms with Crippen molar-refractivity contribution < 1.29 is 14.7 Å². The number of urea groups is 1. The molecule has 1 aromatic carbocycles. The molecule has 0 spiro atoms. The molecular formula is C14H20N2O3. The van der Waals surface area contributed by atoms with Crippen molar-refractivity contribution in [2.75, 3.05) is 5.32 Å². The maximum Gasteiger partial charge on any atom is 0.319 e. The van der Waals surface area contributed by atoms with E-state index in [1.807, 2.05) is 26.8 Å². The van der Waals surface area contributed by atoms with Gasteiger partial charge in [0.25, 0.3) is 0 Å². The fourth-order valence-electron chi connectivity index (χ4n) is 1.77. The van der Waals surface area contributed by atoms with E-state index in [4.69, 9.17) is 5.11 Å². The van der Waals surface area contributed by atoms with Gasteiger partial charge in [-0.05, 0) is 37.5 Å². The summed E-state index contributed by atoms with van der Waals surface area (Å²) in [6.45, 7) is 5.73. The van der Waals surface area contributed by atoms with Crippen molar-refractivity contribution in [3.8, 4) is 0 Å². The molecule has 0 aliphatic heterocycles. The third-order valence-electron chi connectivity index (χ3n) is 2.57. The molecule has 0 saturated heterocycles. The van der Waals surface area contributed by atoms with E-state index in [0.717, 1.165) is 23.2 Å². The van der Waals surface area contributed by atoms with Crippen LogP contribution in [0.25, 0.3) is 0 Å². The van der Waals surface area contributed by atoms with E-state index in [1.54, 1.807) is 12.1 Å². The monoisotopic (exact) mass is 264 g/mol. The highest BCUT2D eigenvalue weighted by atomic mass is 16.4. The number of aryl methyl sites for hydroxylation is 1. The highest BCUT2D eigenvalue weighted by Crippen LogP contribution is 2.18. The Morgan fingerprint density at radius 2 is 2.00 bits per heavy atom. The molecule has 0 heterocycles. The van der Waals surface area contributed by atoms with E-state index in [9.17, 15) is 9.59 Å². The van der Waals surface area contributed by atoms with Crippen molar-refractivity contribution >= 4 is 17.7 Å². The van der Waals surface area contributed by atoms with E-state index >= 15 is 0 Å². The number of benzene rings is 1. The minimum atomic E-state index is -0.861. The summed E-state index contributed by atoms with van der Waals surface area (Å²) in [7, 11) is 0. The number of hydrogen-bond acceptors (Lipinski definition) is 2. The molecule has 19 heavy (non-hydrogen) atoms. The van der Waals surface area contributed by atoms with E-state index < -0.39 is 5.97 Å². The predicted molar refractivity (Wildman–Crippen MR) is 74.5 cm³/mol. The Morgan fingerprint density at radius 1 is 1.32 bits per heavy atom. The molecule has 5 nitrogen and oxygen atoms in total. The van der Waals surface area contributed by atoms with Crippen LogP contribution in [0.2, 0.25) is 0 Å². The number of aliphatic carboxylic acids is 1. The van der Waals surface area contributed by atoms with Crippen LogP contribution in [0.15, 0.2) is 18.2 Å². The molecule has 0 fully saturated rings. The summed E-state index contributed by atoms with van der Waals surface area (Å²) >= 11 is 0. The van der Waals surface area contributed by atoms with Crippen molar-refractivity contribution in [3.63, 3.8) is 0 Å². The molecule has 0 aliphatic rings. The Bertz CT molecular complexity index is 470. The van der Waals surface area contributed by atoms with Gasteiger partial charge >= 0.3 is 12.0 Å². The zero-order chi connectivity index (χ0) is 14.4. The molecule has 0 aromatic heterocycles. The number of rotatable bonds is 5. The van der Waals surface area contributed by atoms with E-state index in [1.165, 1.54) is 0 Å². The van der Waals surface area contributed by atoms with Gasteiger partial charge in [-0.2, -0.15) is 0 Å². The number of carbonyl (C=O) groups excluding carboxylic acids is 1. The van der Waals surface area contributed by atoms with Crippen LogP contribution in [0.1, 0.15) is 31.9 Å². The minimum absolute atomic E-state index is 0.00846. The Hall–Kier alpha value is -2.04. The molecule has 3 N–H and O–H groups in total. The first-order chi connectivity index (χ1) is 8.92. The van der Waals surface area contributed by atoms with Crippen molar-refractivity contribution in [2.45, 2.75) is 39.7 Å². The van der Waals surface area contributed by atoms with Crippen LogP contribution >= 0.6 is 0 Å². The average Bonchev–Trinajstić information content (AvgIpc) is 2.29. The first-order valence-electron chi connectivity index (χ1n) is 6.33. The van der Waals surface area contributed by atoms with Crippen LogP contribution in [-0.4, -0.2) is 23.1 Å². The molecule has 0 saturated carbocycles.